The summed E-state index contributed by atoms with van der Waals surface area (Å²) in [6, 6.07) is 8.92. The second kappa shape index (κ2) is 6.36. The van der Waals surface area contributed by atoms with Crippen LogP contribution in [-0.2, 0) is 16.1 Å². The molecule has 0 aliphatic heterocycles. The molecule has 0 heterocycles. The summed E-state index contributed by atoms with van der Waals surface area (Å²) in [4.78, 5) is 11.7. The van der Waals surface area contributed by atoms with Gasteiger partial charge in [0, 0.05) is 13.5 Å². The highest BCUT2D eigenvalue weighted by molar-refractivity contribution is 5.67. The molecule has 1 aromatic rings. The van der Waals surface area contributed by atoms with Crippen molar-refractivity contribution in [2.45, 2.75) is 25.2 Å². The van der Waals surface area contributed by atoms with Gasteiger partial charge >= 0.3 is 6.09 Å². The van der Waals surface area contributed by atoms with Crippen LogP contribution in [0.15, 0.2) is 42.5 Å². The molecule has 1 aromatic carbocycles. The van der Waals surface area contributed by atoms with E-state index in [0.29, 0.717) is 11.5 Å². The molecule has 5 heteroatoms. The van der Waals surface area contributed by atoms with Crippen molar-refractivity contribution in [1.29, 1.82) is 0 Å². The van der Waals surface area contributed by atoms with Crippen molar-refractivity contribution in [3.63, 3.8) is 0 Å². The van der Waals surface area contributed by atoms with E-state index in [1.165, 1.54) is 0 Å². The van der Waals surface area contributed by atoms with E-state index < -0.39 is 12.1 Å². The fraction of sp³-hybridized carbons (Fsp3) is 0.357. The van der Waals surface area contributed by atoms with E-state index in [4.69, 9.17) is 9.47 Å². The van der Waals surface area contributed by atoms with Crippen molar-refractivity contribution < 1.29 is 19.5 Å². The minimum atomic E-state index is -0.754. The molecule has 1 aliphatic rings. The Morgan fingerprint density at radius 2 is 2.11 bits per heavy atom. The first-order chi connectivity index (χ1) is 9.20. The van der Waals surface area contributed by atoms with Crippen LogP contribution in [0.2, 0.25) is 0 Å². The quantitative estimate of drug-likeness (QED) is 0.514. The summed E-state index contributed by atoms with van der Waals surface area (Å²) < 4.78 is 10.2. The number of hydrogen-bond donors (Lipinski definition) is 1. The van der Waals surface area contributed by atoms with E-state index in [1.807, 2.05) is 36.4 Å². The standard InChI is InChI=1S/C14H17NO4/c1-18-13-8-7-12(9-13)15(17)14(16)19-10-11-5-3-2-4-6-11/h2-8,12-13,17H,9-10H2,1H3/t12-,13+/m1/s1. The molecule has 1 N–H and O–H groups in total. The maximum Gasteiger partial charge on any atom is 0.434 e. The van der Waals surface area contributed by atoms with Crippen LogP contribution >= 0.6 is 0 Å². The van der Waals surface area contributed by atoms with E-state index in [2.05, 4.69) is 0 Å². The third-order valence-electron chi connectivity index (χ3n) is 3.03. The van der Waals surface area contributed by atoms with Gasteiger partial charge in [-0.05, 0) is 5.56 Å². The molecular weight excluding hydrogens is 246 g/mol. The summed E-state index contributed by atoms with van der Waals surface area (Å²) in [5, 5.41) is 10.4. The molecule has 5 nitrogen and oxygen atoms in total. The topological polar surface area (TPSA) is 59.0 Å². The predicted octanol–water partition coefficient (Wildman–Crippen LogP) is 2.36. The van der Waals surface area contributed by atoms with Gasteiger partial charge in [0.15, 0.2) is 0 Å². The second-order valence-corrected chi connectivity index (χ2v) is 4.35. The van der Waals surface area contributed by atoms with Gasteiger partial charge in [0.05, 0.1) is 12.1 Å². The zero-order chi connectivity index (χ0) is 13.7. The number of rotatable bonds is 4. The van der Waals surface area contributed by atoms with E-state index in [-0.39, 0.29) is 12.7 Å². The van der Waals surface area contributed by atoms with Crippen molar-refractivity contribution in [3.05, 3.63) is 48.0 Å². The number of hydroxylamine groups is 2. The van der Waals surface area contributed by atoms with Crippen LogP contribution in [0.1, 0.15) is 12.0 Å². The number of benzene rings is 1. The molecule has 0 radical (unpaired) electrons. The summed E-state index contributed by atoms with van der Waals surface area (Å²) in [6.07, 6.45) is 3.26. The smallest absolute Gasteiger partial charge is 0.434 e. The Bertz CT molecular complexity index is 446. The lowest BCUT2D eigenvalue weighted by Gasteiger charge is -2.21. The average molecular weight is 263 g/mol. The van der Waals surface area contributed by atoms with Gasteiger partial charge in [-0.2, -0.15) is 5.06 Å². The molecule has 0 bridgehead atoms. The summed E-state index contributed by atoms with van der Waals surface area (Å²) in [6.45, 7) is 0.140. The van der Waals surface area contributed by atoms with Gasteiger partial charge in [-0.3, -0.25) is 5.21 Å². The predicted molar refractivity (Wildman–Crippen MR) is 68.6 cm³/mol. The van der Waals surface area contributed by atoms with Crippen molar-refractivity contribution in [2.24, 2.45) is 0 Å². The maximum absolute atomic E-state index is 11.7. The Morgan fingerprint density at radius 3 is 2.74 bits per heavy atom. The molecule has 0 aromatic heterocycles. The van der Waals surface area contributed by atoms with Crippen LogP contribution in [-0.4, -0.2) is 35.6 Å². The minimum Gasteiger partial charge on any atom is -0.443 e. The van der Waals surface area contributed by atoms with Crippen molar-refractivity contribution in [2.75, 3.05) is 7.11 Å². The van der Waals surface area contributed by atoms with E-state index in [9.17, 15) is 10.0 Å². The zero-order valence-corrected chi connectivity index (χ0v) is 10.7. The fourth-order valence-electron chi connectivity index (χ4n) is 1.92. The van der Waals surface area contributed by atoms with E-state index in [1.54, 1.807) is 13.2 Å². The average Bonchev–Trinajstić information content (AvgIpc) is 2.94. The van der Waals surface area contributed by atoms with Gasteiger partial charge in [-0.1, -0.05) is 42.5 Å². The highest BCUT2D eigenvalue weighted by atomic mass is 16.6. The van der Waals surface area contributed by atoms with Crippen LogP contribution in [0.5, 0.6) is 0 Å². The number of nitrogens with zero attached hydrogens (tertiary/aromatic N) is 1. The molecule has 0 saturated carbocycles. The molecule has 1 amide bonds. The van der Waals surface area contributed by atoms with E-state index in [0.717, 1.165) is 5.56 Å². The van der Waals surface area contributed by atoms with Crippen LogP contribution in [0, 0.1) is 0 Å². The van der Waals surface area contributed by atoms with Gasteiger partial charge in [0.1, 0.15) is 6.61 Å². The molecule has 0 unspecified atom stereocenters. The van der Waals surface area contributed by atoms with Gasteiger partial charge < -0.3 is 9.47 Å². The Morgan fingerprint density at radius 1 is 1.37 bits per heavy atom. The molecule has 0 saturated heterocycles. The highest BCUT2D eigenvalue weighted by Gasteiger charge is 2.27. The molecule has 2 atom stereocenters. The molecule has 1 aliphatic carbocycles. The number of hydrogen-bond acceptors (Lipinski definition) is 4. The first kappa shape index (κ1) is 13.6. The van der Waals surface area contributed by atoms with Gasteiger partial charge in [0.2, 0.25) is 0 Å². The summed E-state index contributed by atoms with van der Waals surface area (Å²) in [7, 11) is 1.59. The molecule has 2 rings (SSSR count). The van der Waals surface area contributed by atoms with Crippen LogP contribution < -0.4 is 0 Å². The molecule has 0 spiro atoms. The monoisotopic (exact) mass is 263 g/mol. The van der Waals surface area contributed by atoms with Gasteiger partial charge in [0.25, 0.3) is 0 Å². The summed E-state index contributed by atoms with van der Waals surface area (Å²) >= 11 is 0. The number of amides is 1. The van der Waals surface area contributed by atoms with Crippen LogP contribution in [0.3, 0.4) is 0 Å². The number of carbonyl (C=O) groups excluding carboxylic acids is 1. The fourth-order valence-corrected chi connectivity index (χ4v) is 1.92. The van der Waals surface area contributed by atoms with Crippen LogP contribution in [0.25, 0.3) is 0 Å². The SMILES string of the molecule is CO[C@H]1C=C[C@@H](N(O)C(=O)OCc2ccccc2)C1. The first-order valence-corrected chi connectivity index (χ1v) is 6.10. The van der Waals surface area contributed by atoms with Crippen molar-refractivity contribution >= 4 is 6.09 Å². The Labute approximate surface area is 112 Å². The molecule has 19 heavy (non-hydrogen) atoms. The maximum atomic E-state index is 11.7. The normalized spacial score (nSPS) is 21.4. The lowest BCUT2D eigenvalue weighted by Crippen LogP contribution is -2.36. The third-order valence-corrected chi connectivity index (χ3v) is 3.03. The largest absolute Gasteiger partial charge is 0.443 e. The summed E-state index contributed by atoms with van der Waals surface area (Å²) in [5.74, 6) is 0. The summed E-state index contributed by atoms with van der Waals surface area (Å²) in [5.41, 5.74) is 0.876. The number of carbonyl (C=O) groups is 1. The third kappa shape index (κ3) is 3.56. The van der Waals surface area contributed by atoms with Gasteiger partial charge in [-0.15, -0.1) is 0 Å². The molecular formula is C14H17NO4. The highest BCUT2D eigenvalue weighted by Crippen LogP contribution is 2.18. The minimum absolute atomic E-state index is 0.0680. The van der Waals surface area contributed by atoms with Gasteiger partial charge in [-0.25, -0.2) is 4.79 Å². The number of methoxy groups -OCH3 is 1. The molecule has 102 valence electrons. The van der Waals surface area contributed by atoms with Crippen LogP contribution in [0.4, 0.5) is 4.79 Å². The molecule has 0 fully saturated rings. The lowest BCUT2D eigenvalue weighted by molar-refractivity contribution is -0.0983. The van der Waals surface area contributed by atoms with E-state index >= 15 is 0 Å². The lowest BCUT2D eigenvalue weighted by atomic mass is 10.2. The number of ether oxygens (including phenoxy) is 2. The Kier molecular flexibility index (Phi) is 4.54. The zero-order valence-electron chi connectivity index (χ0n) is 10.7. The Balaban J connectivity index is 1.82. The van der Waals surface area contributed by atoms with Crippen molar-refractivity contribution in [1.82, 2.24) is 5.06 Å². The second-order valence-electron chi connectivity index (χ2n) is 4.35. The first-order valence-electron chi connectivity index (χ1n) is 6.10. The van der Waals surface area contributed by atoms with Crippen molar-refractivity contribution in [3.8, 4) is 0 Å². The Hall–Kier alpha value is -1.85.